The van der Waals surface area contributed by atoms with Crippen LogP contribution in [0.25, 0.3) is 16.9 Å². The molecule has 0 unspecified atom stereocenters. The Hall–Kier alpha value is -5.55. The van der Waals surface area contributed by atoms with Gasteiger partial charge in [-0.2, -0.15) is 13.2 Å². The van der Waals surface area contributed by atoms with Gasteiger partial charge in [-0.3, -0.25) is 19.8 Å². The number of methoxy groups -OCH3 is 1. The van der Waals surface area contributed by atoms with Crippen LogP contribution in [0, 0.1) is 0 Å². The lowest BCUT2D eigenvalue weighted by Crippen LogP contribution is -2.48. The number of alkyl halides is 3. The Morgan fingerprint density at radius 3 is 2.50 bits per heavy atom. The van der Waals surface area contributed by atoms with E-state index in [-0.39, 0.29) is 29.0 Å². The maximum atomic E-state index is 14.3. The van der Waals surface area contributed by atoms with Crippen molar-refractivity contribution in [2.24, 2.45) is 0 Å². The number of benzene rings is 1. The Kier molecular flexibility index (Phi) is 9.96. The highest BCUT2D eigenvalue weighted by atomic mass is 19.4. The maximum absolute atomic E-state index is 14.3. The zero-order chi connectivity index (χ0) is 35.4. The van der Waals surface area contributed by atoms with E-state index < -0.39 is 17.8 Å². The first-order chi connectivity index (χ1) is 24.0. The normalized spacial score (nSPS) is 15.5. The van der Waals surface area contributed by atoms with Gasteiger partial charge in [-0.15, -0.1) is 5.10 Å². The molecule has 17 heteroatoms. The molecule has 3 aromatic heterocycles. The first kappa shape index (κ1) is 34.3. The van der Waals surface area contributed by atoms with Gasteiger partial charge in [-0.25, -0.2) is 19.3 Å². The molecule has 262 valence electrons. The van der Waals surface area contributed by atoms with Crippen LogP contribution in [0.2, 0.25) is 0 Å². The first-order valence-electron chi connectivity index (χ1n) is 15.7. The third-order valence-corrected chi connectivity index (χ3v) is 8.30. The number of carbonyl (C=O) groups excluding carboxylic acids is 3. The summed E-state index contributed by atoms with van der Waals surface area (Å²) >= 11 is 0. The molecule has 3 amide bonds. The fourth-order valence-corrected chi connectivity index (χ4v) is 5.81. The van der Waals surface area contributed by atoms with Gasteiger partial charge in [-0.05, 0) is 42.0 Å². The molecule has 6 rings (SSSR count). The van der Waals surface area contributed by atoms with E-state index in [9.17, 15) is 27.6 Å². The summed E-state index contributed by atoms with van der Waals surface area (Å²) < 4.78 is 54.4. The number of morpholine rings is 1. The van der Waals surface area contributed by atoms with Gasteiger partial charge in [0.2, 0.25) is 5.91 Å². The smallest absolute Gasteiger partial charge is 0.417 e. The van der Waals surface area contributed by atoms with Gasteiger partial charge in [0.15, 0.2) is 11.6 Å². The van der Waals surface area contributed by atoms with Crippen LogP contribution < -0.4 is 15.5 Å². The highest BCUT2D eigenvalue weighted by molar-refractivity contribution is 6.00. The summed E-state index contributed by atoms with van der Waals surface area (Å²) in [6, 6.07) is 9.37. The minimum Gasteiger partial charge on any atom is -0.453 e. The molecule has 0 bridgehead atoms. The maximum Gasteiger partial charge on any atom is 0.417 e. The molecular weight excluding hydrogens is 659 g/mol. The topological polar surface area (TPSA) is 147 Å². The van der Waals surface area contributed by atoms with Gasteiger partial charge < -0.3 is 24.6 Å². The molecule has 2 aliphatic rings. The fourth-order valence-electron chi connectivity index (χ4n) is 5.81. The van der Waals surface area contributed by atoms with E-state index in [4.69, 9.17) is 4.74 Å². The van der Waals surface area contributed by atoms with E-state index in [1.165, 1.54) is 4.52 Å². The van der Waals surface area contributed by atoms with Gasteiger partial charge in [0.1, 0.15) is 11.3 Å². The Labute approximate surface area is 284 Å². The van der Waals surface area contributed by atoms with E-state index in [1.807, 2.05) is 11.0 Å². The van der Waals surface area contributed by atoms with Crippen LogP contribution in [0.4, 0.5) is 35.3 Å². The summed E-state index contributed by atoms with van der Waals surface area (Å²) in [6.07, 6.45) is -1.86. The second-order valence-corrected chi connectivity index (χ2v) is 11.6. The summed E-state index contributed by atoms with van der Waals surface area (Å²) in [4.78, 5) is 51.0. The predicted molar refractivity (Wildman–Crippen MR) is 177 cm³/mol. The monoisotopic (exact) mass is 693 g/mol. The number of anilines is 3. The van der Waals surface area contributed by atoms with Crippen molar-refractivity contribution in [3.63, 3.8) is 0 Å². The number of pyridine rings is 1. The molecule has 1 aromatic carbocycles. The zero-order valence-electron chi connectivity index (χ0n) is 27.1. The number of fused-ring (bicyclic) bond motifs is 1. The molecule has 4 aromatic rings. The molecule has 0 spiro atoms. The second-order valence-electron chi connectivity index (χ2n) is 11.6. The van der Waals surface area contributed by atoms with Crippen LogP contribution in [0.3, 0.4) is 0 Å². The van der Waals surface area contributed by atoms with Gasteiger partial charge in [-0.1, -0.05) is 12.6 Å². The summed E-state index contributed by atoms with van der Waals surface area (Å²) in [6.45, 7) is 7.91. The highest BCUT2D eigenvalue weighted by Crippen LogP contribution is 2.38. The molecule has 14 nitrogen and oxygen atoms in total. The molecule has 50 heavy (non-hydrogen) atoms. The fraction of sp³-hybridized carbons (Fsp3) is 0.333. The third-order valence-electron chi connectivity index (χ3n) is 8.30. The van der Waals surface area contributed by atoms with Gasteiger partial charge >= 0.3 is 12.3 Å². The number of rotatable bonds is 8. The zero-order valence-corrected chi connectivity index (χ0v) is 27.1. The van der Waals surface area contributed by atoms with Crippen molar-refractivity contribution in [1.29, 1.82) is 0 Å². The Morgan fingerprint density at radius 2 is 1.80 bits per heavy atom. The van der Waals surface area contributed by atoms with Gasteiger partial charge in [0, 0.05) is 69.5 Å². The van der Waals surface area contributed by atoms with Crippen molar-refractivity contribution in [3.8, 4) is 11.4 Å². The highest BCUT2D eigenvalue weighted by Gasteiger charge is 2.36. The van der Waals surface area contributed by atoms with E-state index in [0.717, 1.165) is 31.0 Å². The summed E-state index contributed by atoms with van der Waals surface area (Å²) in [7, 11) is 1.09. The minimum atomic E-state index is -4.81. The Balaban J connectivity index is 1.23. The predicted octanol–water partition coefficient (Wildman–Crippen LogP) is 3.91. The number of piperazine rings is 1. The molecule has 0 radical (unpaired) electrons. The number of nitrogens with one attached hydrogen (secondary N) is 2. The lowest BCUT2D eigenvalue weighted by Gasteiger charge is -2.34. The minimum absolute atomic E-state index is 0.145. The standard InChI is InChI=1S/C33H34F3N9O5/c1-3-28(46)38-23-6-4-5-22(16-23)31(47)44-9-7-42(8-10-44)19-21-15-26-30(43-11-13-50-14-12-43)40-29(41-45(26)20-21)24-18-37-27(39-32(48)49-2)17-25(24)33(34,35)36/h3-6,15-18,20H,1,7-14,19H2,2H3,(H,38,46)(H,37,39,48). The van der Waals surface area contributed by atoms with Crippen LogP contribution in [-0.4, -0.2) is 107 Å². The molecule has 2 fully saturated rings. The van der Waals surface area contributed by atoms with E-state index in [1.54, 1.807) is 35.4 Å². The molecule has 0 atom stereocenters. The number of aromatic nitrogens is 4. The van der Waals surface area contributed by atoms with Crippen molar-refractivity contribution >= 4 is 40.7 Å². The van der Waals surface area contributed by atoms with Gasteiger partial charge in [0.05, 0.1) is 31.5 Å². The third kappa shape index (κ3) is 7.68. The lowest BCUT2D eigenvalue weighted by atomic mass is 10.1. The molecule has 2 saturated heterocycles. The number of ether oxygens (including phenoxy) is 2. The number of carbonyl (C=O) groups is 3. The number of halogens is 3. The van der Waals surface area contributed by atoms with Crippen molar-refractivity contribution in [2.45, 2.75) is 12.7 Å². The molecule has 0 aliphatic carbocycles. The van der Waals surface area contributed by atoms with Crippen molar-refractivity contribution < 1.29 is 37.0 Å². The summed E-state index contributed by atoms with van der Waals surface area (Å²) in [5.74, 6) is -0.582. The van der Waals surface area contributed by atoms with Crippen molar-refractivity contribution in [1.82, 2.24) is 29.4 Å². The van der Waals surface area contributed by atoms with Crippen LogP contribution >= 0.6 is 0 Å². The van der Waals surface area contributed by atoms with Crippen molar-refractivity contribution in [2.75, 3.05) is 75.1 Å². The SMILES string of the molecule is C=CC(=O)Nc1cccc(C(=O)N2CCN(Cc3cc4c(N5CCOCC5)nc(-c5cnc(NC(=O)OC)cc5C(F)(F)F)nn4c3)CC2)c1. The largest absolute Gasteiger partial charge is 0.453 e. The van der Waals surface area contributed by atoms with Crippen molar-refractivity contribution in [3.05, 3.63) is 78.1 Å². The number of nitrogens with zero attached hydrogens (tertiary/aromatic N) is 7. The summed E-state index contributed by atoms with van der Waals surface area (Å²) in [5, 5.41) is 9.31. The Bertz CT molecular complexity index is 1920. The van der Waals surface area contributed by atoms with Crippen LogP contribution in [0.1, 0.15) is 21.5 Å². The summed E-state index contributed by atoms with van der Waals surface area (Å²) in [5.41, 5.74) is 1.02. The van der Waals surface area contributed by atoms with E-state index in [2.05, 4.69) is 41.9 Å². The average molecular weight is 694 g/mol. The van der Waals surface area contributed by atoms with E-state index >= 15 is 0 Å². The molecule has 5 heterocycles. The van der Waals surface area contributed by atoms with Crippen LogP contribution in [-0.2, 0) is 27.0 Å². The second kappa shape index (κ2) is 14.5. The van der Waals surface area contributed by atoms with E-state index in [0.29, 0.717) is 81.6 Å². The molecular formula is C33H34F3N9O5. The number of hydrogen-bond donors (Lipinski definition) is 2. The number of amides is 3. The van der Waals surface area contributed by atoms with Crippen LogP contribution in [0.5, 0.6) is 0 Å². The quantitative estimate of drug-likeness (QED) is 0.261. The molecule has 2 aliphatic heterocycles. The molecule has 0 saturated carbocycles. The first-order valence-corrected chi connectivity index (χ1v) is 15.7. The Morgan fingerprint density at radius 1 is 1.04 bits per heavy atom. The lowest BCUT2D eigenvalue weighted by molar-refractivity contribution is -0.137. The molecule has 2 N–H and O–H groups in total. The van der Waals surface area contributed by atoms with Gasteiger partial charge in [0.25, 0.3) is 5.91 Å². The average Bonchev–Trinajstić information content (AvgIpc) is 3.53. The van der Waals surface area contributed by atoms with Crippen LogP contribution in [0.15, 0.2) is 61.4 Å². The number of hydrogen-bond acceptors (Lipinski definition) is 10.